The van der Waals surface area contributed by atoms with Crippen LogP contribution in [0.4, 0.5) is 13.2 Å². The molecule has 0 unspecified atom stereocenters. The highest BCUT2D eigenvalue weighted by Crippen LogP contribution is 2.31. The van der Waals surface area contributed by atoms with Crippen LogP contribution in [0.2, 0.25) is 0 Å². The fraction of sp³-hybridized carbons (Fsp3) is 0.353. The van der Waals surface area contributed by atoms with Crippen molar-refractivity contribution in [2.75, 3.05) is 13.6 Å². The van der Waals surface area contributed by atoms with Gasteiger partial charge in [0.2, 0.25) is 0 Å². The van der Waals surface area contributed by atoms with Gasteiger partial charge in [0.15, 0.2) is 5.78 Å². The van der Waals surface area contributed by atoms with Crippen molar-refractivity contribution in [3.63, 3.8) is 0 Å². The third-order valence-corrected chi connectivity index (χ3v) is 3.27. The summed E-state index contributed by atoms with van der Waals surface area (Å²) < 4.78 is 38.9. The lowest BCUT2D eigenvalue weighted by atomic mass is 10.1. The van der Waals surface area contributed by atoms with E-state index in [1.54, 1.807) is 25.2 Å². The van der Waals surface area contributed by atoms with Crippen LogP contribution in [0.3, 0.4) is 0 Å². The molecule has 0 saturated carbocycles. The van der Waals surface area contributed by atoms with Gasteiger partial charge in [-0.1, -0.05) is 18.2 Å². The van der Waals surface area contributed by atoms with Crippen molar-refractivity contribution >= 4 is 11.7 Å². The molecule has 1 amide bonds. The summed E-state index contributed by atoms with van der Waals surface area (Å²) in [5, 5.41) is 0. The molecule has 0 aliphatic carbocycles. The highest BCUT2D eigenvalue weighted by atomic mass is 19.4. The van der Waals surface area contributed by atoms with Gasteiger partial charge in [-0.05, 0) is 25.5 Å². The first-order chi connectivity index (χ1) is 11.2. The molecular formula is C17H19F3N2O2. The molecule has 1 aromatic rings. The summed E-state index contributed by atoms with van der Waals surface area (Å²) in [7, 11) is 1.29. The Labute approximate surface area is 138 Å². The lowest BCUT2D eigenvalue weighted by Crippen LogP contribution is -2.33. The van der Waals surface area contributed by atoms with E-state index in [-0.39, 0.29) is 18.7 Å². The number of carbonyl (C=O) groups excluding carboxylic acids is 2. The lowest BCUT2D eigenvalue weighted by molar-refractivity contribution is -0.138. The minimum Gasteiger partial charge on any atom is -0.334 e. The molecule has 0 aliphatic rings. The van der Waals surface area contributed by atoms with Crippen molar-refractivity contribution in [2.45, 2.75) is 26.4 Å². The standard InChI is InChI=1S/C17H19F3N2O2/c1-4-6-12(5-2)9-13(23)11-22(3)16(24)14-10-21-8-7-15(14)17(18,19)20/h4-8,10H,9,11H2,1-3H3/b6-4-,12-5+. The fourth-order valence-electron chi connectivity index (χ4n) is 2.11. The number of amides is 1. The van der Waals surface area contributed by atoms with Gasteiger partial charge in [-0.2, -0.15) is 13.2 Å². The predicted octanol–water partition coefficient (Wildman–Crippen LogP) is 3.65. The Kier molecular flexibility index (Phi) is 6.88. The molecule has 0 bridgehead atoms. The molecule has 7 heteroatoms. The number of rotatable bonds is 6. The molecule has 0 N–H and O–H groups in total. The monoisotopic (exact) mass is 340 g/mol. The Morgan fingerprint density at radius 2 is 1.96 bits per heavy atom. The molecule has 1 aromatic heterocycles. The SMILES string of the molecule is C/C=C\C(=C/C)CC(=O)CN(C)C(=O)c1cnccc1C(F)(F)F. The number of halogens is 3. The second-order valence-electron chi connectivity index (χ2n) is 5.16. The number of aromatic nitrogens is 1. The van der Waals surface area contributed by atoms with Gasteiger partial charge in [-0.15, -0.1) is 0 Å². The summed E-state index contributed by atoms with van der Waals surface area (Å²) in [5.74, 6) is -1.16. The third kappa shape index (κ3) is 5.33. The average molecular weight is 340 g/mol. The van der Waals surface area contributed by atoms with Gasteiger partial charge in [-0.3, -0.25) is 14.6 Å². The smallest absolute Gasteiger partial charge is 0.334 e. The molecule has 0 saturated heterocycles. The van der Waals surface area contributed by atoms with E-state index in [0.717, 1.165) is 28.9 Å². The van der Waals surface area contributed by atoms with E-state index < -0.39 is 23.2 Å². The Morgan fingerprint density at radius 3 is 2.50 bits per heavy atom. The molecule has 0 fully saturated rings. The fourth-order valence-corrected chi connectivity index (χ4v) is 2.11. The van der Waals surface area contributed by atoms with Gasteiger partial charge in [0.05, 0.1) is 17.7 Å². The van der Waals surface area contributed by atoms with Crippen LogP contribution >= 0.6 is 0 Å². The molecule has 24 heavy (non-hydrogen) atoms. The molecule has 0 atom stereocenters. The second-order valence-corrected chi connectivity index (χ2v) is 5.16. The number of pyridine rings is 1. The quantitative estimate of drug-likeness (QED) is 0.743. The summed E-state index contributed by atoms with van der Waals surface area (Å²) >= 11 is 0. The zero-order valence-electron chi connectivity index (χ0n) is 13.7. The highest BCUT2D eigenvalue weighted by Gasteiger charge is 2.36. The molecule has 1 heterocycles. The van der Waals surface area contributed by atoms with E-state index >= 15 is 0 Å². The van der Waals surface area contributed by atoms with E-state index in [0.29, 0.717) is 0 Å². The van der Waals surface area contributed by atoms with Crippen molar-refractivity contribution in [2.24, 2.45) is 0 Å². The van der Waals surface area contributed by atoms with E-state index in [1.165, 1.54) is 7.05 Å². The van der Waals surface area contributed by atoms with Crippen LogP contribution in [0.25, 0.3) is 0 Å². The van der Waals surface area contributed by atoms with Gasteiger partial charge in [0.1, 0.15) is 0 Å². The van der Waals surface area contributed by atoms with Crippen molar-refractivity contribution in [1.29, 1.82) is 0 Å². The van der Waals surface area contributed by atoms with Gasteiger partial charge in [0.25, 0.3) is 5.91 Å². The summed E-state index contributed by atoms with van der Waals surface area (Å²) in [6.45, 7) is 3.31. The maximum absolute atomic E-state index is 13.0. The largest absolute Gasteiger partial charge is 0.417 e. The Bertz CT molecular complexity index is 664. The van der Waals surface area contributed by atoms with Crippen molar-refractivity contribution < 1.29 is 22.8 Å². The number of hydrogen-bond acceptors (Lipinski definition) is 3. The minimum absolute atomic E-state index is 0.109. The first-order valence-corrected chi connectivity index (χ1v) is 7.27. The Hall–Kier alpha value is -2.44. The number of allylic oxidation sites excluding steroid dienone is 4. The number of likely N-dealkylation sites (N-methyl/N-ethyl adjacent to an activating group) is 1. The van der Waals surface area contributed by atoms with Crippen LogP contribution in [-0.4, -0.2) is 35.2 Å². The number of carbonyl (C=O) groups is 2. The van der Waals surface area contributed by atoms with Crippen molar-refractivity contribution in [3.05, 3.63) is 53.4 Å². The van der Waals surface area contributed by atoms with Crippen LogP contribution < -0.4 is 0 Å². The second kappa shape index (κ2) is 8.42. The van der Waals surface area contributed by atoms with E-state index in [1.807, 2.05) is 6.92 Å². The van der Waals surface area contributed by atoms with Crippen LogP contribution in [0, 0.1) is 0 Å². The average Bonchev–Trinajstić information content (AvgIpc) is 2.52. The van der Waals surface area contributed by atoms with Crippen LogP contribution in [-0.2, 0) is 11.0 Å². The van der Waals surface area contributed by atoms with Gasteiger partial charge >= 0.3 is 6.18 Å². The molecule has 0 aromatic carbocycles. The number of alkyl halides is 3. The molecule has 130 valence electrons. The van der Waals surface area contributed by atoms with Gasteiger partial charge in [-0.25, -0.2) is 0 Å². The number of nitrogens with zero attached hydrogens (tertiary/aromatic N) is 2. The zero-order chi connectivity index (χ0) is 18.3. The first kappa shape index (κ1) is 19.6. The van der Waals surface area contributed by atoms with E-state index in [9.17, 15) is 22.8 Å². The number of Topliss-reactive ketones (excluding diaryl/α,β-unsaturated/α-hetero) is 1. The summed E-state index contributed by atoms with van der Waals surface area (Å²) in [5.41, 5.74) is -0.856. The predicted molar refractivity (Wildman–Crippen MR) is 84.4 cm³/mol. The maximum Gasteiger partial charge on any atom is 0.417 e. The van der Waals surface area contributed by atoms with E-state index in [2.05, 4.69) is 4.98 Å². The molecule has 0 aliphatic heterocycles. The van der Waals surface area contributed by atoms with Crippen LogP contribution in [0.1, 0.15) is 36.2 Å². The first-order valence-electron chi connectivity index (χ1n) is 7.27. The molecule has 0 spiro atoms. The van der Waals surface area contributed by atoms with Crippen molar-refractivity contribution in [1.82, 2.24) is 9.88 Å². The normalized spacial score (nSPS) is 12.5. The van der Waals surface area contributed by atoms with Crippen molar-refractivity contribution in [3.8, 4) is 0 Å². The third-order valence-electron chi connectivity index (χ3n) is 3.27. The zero-order valence-corrected chi connectivity index (χ0v) is 13.7. The van der Waals surface area contributed by atoms with Gasteiger partial charge in [0, 0.05) is 25.9 Å². The van der Waals surface area contributed by atoms with E-state index in [4.69, 9.17) is 0 Å². The number of hydrogen-bond donors (Lipinski definition) is 0. The summed E-state index contributed by atoms with van der Waals surface area (Å²) in [6.07, 6.45) is 2.60. The topological polar surface area (TPSA) is 50.3 Å². The van der Waals surface area contributed by atoms with Crippen LogP contribution in [0.15, 0.2) is 42.3 Å². The molecule has 1 rings (SSSR count). The molecule has 4 nitrogen and oxygen atoms in total. The molecular weight excluding hydrogens is 321 g/mol. The maximum atomic E-state index is 13.0. The lowest BCUT2D eigenvalue weighted by Gasteiger charge is -2.19. The summed E-state index contributed by atoms with van der Waals surface area (Å²) in [4.78, 5) is 28.8. The van der Waals surface area contributed by atoms with Gasteiger partial charge < -0.3 is 4.90 Å². The highest BCUT2D eigenvalue weighted by molar-refractivity contribution is 5.98. The Morgan fingerprint density at radius 1 is 1.29 bits per heavy atom. The van der Waals surface area contributed by atoms with Crippen LogP contribution in [0.5, 0.6) is 0 Å². The Balaban J connectivity index is 2.88. The molecule has 0 radical (unpaired) electrons. The summed E-state index contributed by atoms with van der Waals surface area (Å²) in [6, 6.07) is 0.743. The minimum atomic E-state index is -4.66. The number of ketones is 1.